The molecule has 3 N–H and O–H groups in total. The summed E-state index contributed by atoms with van der Waals surface area (Å²) in [6.07, 6.45) is 2.01. The van der Waals surface area contributed by atoms with Gasteiger partial charge in [0.1, 0.15) is 5.75 Å². The minimum atomic E-state index is 0.0349. The van der Waals surface area contributed by atoms with Gasteiger partial charge < -0.3 is 10.8 Å². The standard InChI is InChI=1S/C13H19NO/c1-13(2,3)12(7-8-14)10-5-4-6-11(15)9-10/h4-7,9,15H,8,14H2,1-3H3/b12-7+. The van der Waals surface area contributed by atoms with Gasteiger partial charge in [0.2, 0.25) is 0 Å². The molecule has 0 amide bonds. The van der Waals surface area contributed by atoms with Gasteiger partial charge in [-0.3, -0.25) is 0 Å². The molecule has 0 aliphatic heterocycles. The van der Waals surface area contributed by atoms with E-state index in [2.05, 4.69) is 20.8 Å². The number of phenolic OH excluding ortho intramolecular Hbond substituents is 1. The highest BCUT2D eigenvalue weighted by Gasteiger charge is 2.18. The summed E-state index contributed by atoms with van der Waals surface area (Å²) >= 11 is 0. The second kappa shape index (κ2) is 4.49. The van der Waals surface area contributed by atoms with Gasteiger partial charge in [0.05, 0.1) is 0 Å². The van der Waals surface area contributed by atoms with E-state index in [4.69, 9.17) is 5.73 Å². The van der Waals surface area contributed by atoms with E-state index in [-0.39, 0.29) is 5.41 Å². The van der Waals surface area contributed by atoms with E-state index in [1.165, 1.54) is 5.57 Å². The van der Waals surface area contributed by atoms with E-state index < -0.39 is 0 Å². The van der Waals surface area contributed by atoms with E-state index >= 15 is 0 Å². The van der Waals surface area contributed by atoms with Gasteiger partial charge >= 0.3 is 0 Å². The molecule has 1 aromatic carbocycles. The predicted molar refractivity (Wildman–Crippen MR) is 64.6 cm³/mol. The lowest BCUT2D eigenvalue weighted by Gasteiger charge is -2.23. The SMILES string of the molecule is CC(C)(C)/C(=C/CN)c1cccc(O)c1. The van der Waals surface area contributed by atoms with Crippen LogP contribution in [0.15, 0.2) is 30.3 Å². The number of benzene rings is 1. The van der Waals surface area contributed by atoms with Gasteiger partial charge in [0.25, 0.3) is 0 Å². The van der Waals surface area contributed by atoms with Crippen LogP contribution < -0.4 is 5.73 Å². The molecule has 0 saturated heterocycles. The van der Waals surface area contributed by atoms with Gasteiger partial charge in [-0.25, -0.2) is 0 Å². The van der Waals surface area contributed by atoms with Crippen molar-refractivity contribution in [3.05, 3.63) is 35.9 Å². The quantitative estimate of drug-likeness (QED) is 0.779. The first kappa shape index (κ1) is 11.8. The highest BCUT2D eigenvalue weighted by atomic mass is 16.3. The van der Waals surface area contributed by atoms with Crippen molar-refractivity contribution in [3.8, 4) is 5.75 Å². The van der Waals surface area contributed by atoms with Gasteiger partial charge in [0, 0.05) is 6.54 Å². The van der Waals surface area contributed by atoms with E-state index in [9.17, 15) is 5.11 Å². The molecule has 15 heavy (non-hydrogen) atoms. The Bertz CT molecular complexity index is 361. The Morgan fingerprint density at radius 3 is 2.53 bits per heavy atom. The lowest BCUT2D eigenvalue weighted by atomic mass is 9.82. The lowest BCUT2D eigenvalue weighted by molar-refractivity contribution is 0.474. The molecule has 1 aromatic rings. The topological polar surface area (TPSA) is 46.2 Å². The number of rotatable bonds is 2. The first-order chi connectivity index (χ1) is 6.95. The van der Waals surface area contributed by atoms with Crippen LogP contribution in [0, 0.1) is 5.41 Å². The first-order valence-electron chi connectivity index (χ1n) is 5.15. The Labute approximate surface area is 91.4 Å². The van der Waals surface area contributed by atoms with Crippen molar-refractivity contribution in [3.63, 3.8) is 0 Å². The summed E-state index contributed by atoms with van der Waals surface area (Å²) in [5.41, 5.74) is 7.80. The number of hydrogen-bond acceptors (Lipinski definition) is 2. The third kappa shape index (κ3) is 3.10. The fourth-order valence-electron chi connectivity index (χ4n) is 1.65. The Kier molecular flexibility index (Phi) is 3.53. The molecule has 0 heterocycles. The van der Waals surface area contributed by atoms with Gasteiger partial charge in [-0.2, -0.15) is 0 Å². The number of hydrogen-bond donors (Lipinski definition) is 2. The van der Waals surface area contributed by atoms with Crippen LogP contribution in [0.3, 0.4) is 0 Å². The first-order valence-corrected chi connectivity index (χ1v) is 5.15. The van der Waals surface area contributed by atoms with Crippen molar-refractivity contribution >= 4 is 5.57 Å². The van der Waals surface area contributed by atoms with Crippen LogP contribution in [-0.4, -0.2) is 11.7 Å². The summed E-state index contributed by atoms with van der Waals surface area (Å²) in [5.74, 6) is 0.291. The van der Waals surface area contributed by atoms with E-state index in [0.29, 0.717) is 12.3 Å². The van der Waals surface area contributed by atoms with Crippen LogP contribution in [0.5, 0.6) is 5.75 Å². The second-order valence-corrected chi connectivity index (χ2v) is 4.65. The predicted octanol–water partition coefficient (Wildman–Crippen LogP) is 2.78. The number of allylic oxidation sites excluding steroid dienone is 1. The van der Waals surface area contributed by atoms with E-state index in [1.807, 2.05) is 18.2 Å². The van der Waals surface area contributed by atoms with Crippen LogP contribution >= 0.6 is 0 Å². The fourth-order valence-corrected chi connectivity index (χ4v) is 1.65. The Morgan fingerprint density at radius 2 is 2.07 bits per heavy atom. The molecule has 1 rings (SSSR count). The highest BCUT2D eigenvalue weighted by molar-refractivity contribution is 5.70. The van der Waals surface area contributed by atoms with Crippen LogP contribution in [0.1, 0.15) is 26.3 Å². The number of phenols is 1. The molecule has 0 aliphatic carbocycles. The zero-order chi connectivity index (χ0) is 11.5. The van der Waals surface area contributed by atoms with Crippen molar-refractivity contribution < 1.29 is 5.11 Å². The summed E-state index contributed by atoms with van der Waals surface area (Å²) in [6.45, 7) is 6.93. The van der Waals surface area contributed by atoms with Crippen LogP contribution in [-0.2, 0) is 0 Å². The van der Waals surface area contributed by atoms with Gasteiger partial charge in [-0.15, -0.1) is 0 Å². The van der Waals surface area contributed by atoms with Crippen LogP contribution in [0.2, 0.25) is 0 Å². The third-order valence-corrected chi connectivity index (χ3v) is 2.29. The molecule has 0 radical (unpaired) electrons. The molecule has 0 aliphatic rings. The van der Waals surface area contributed by atoms with Crippen molar-refractivity contribution in [2.45, 2.75) is 20.8 Å². The van der Waals surface area contributed by atoms with Gasteiger partial charge in [-0.05, 0) is 28.7 Å². The minimum Gasteiger partial charge on any atom is -0.508 e. The molecular formula is C13H19NO. The minimum absolute atomic E-state index is 0.0349. The molecule has 82 valence electrons. The maximum absolute atomic E-state index is 9.44. The summed E-state index contributed by atoms with van der Waals surface area (Å²) < 4.78 is 0. The molecule has 0 saturated carbocycles. The summed E-state index contributed by atoms with van der Waals surface area (Å²) in [6, 6.07) is 7.28. The van der Waals surface area contributed by atoms with Gasteiger partial charge in [-0.1, -0.05) is 39.0 Å². The molecule has 2 heteroatoms. The molecule has 0 atom stereocenters. The molecular weight excluding hydrogens is 186 g/mol. The largest absolute Gasteiger partial charge is 0.508 e. The third-order valence-electron chi connectivity index (χ3n) is 2.29. The van der Waals surface area contributed by atoms with E-state index in [0.717, 1.165) is 5.56 Å². The summed E-state index contributed by atoms with van der Waals surface area (Å²) in [7, 11) is 0. The van der Waals surface area contributed by atoms with Crippen molar-refractivity contribution in [1.82, 2.24) is 0 Å². The maximum Gasteiger partial charge on any atom is 0.116 e. The van der Waals surface area contributed by atoms with Gasteiger partial charge in [0.15, 0.2) is 0 Å². The highest BCUT2D eigenvalue weighted by Crippen LogP contribution is 2.34. The van der Waals surface area contributed by atoms with Crippen molar-refractivity contribution in [1.29, 1.82) is 0 Å². The molecule has 0 aromatic heterocycles. The van der Waals surface area contributed by atoms with Crippen molar-refractivity contribution in [2.75, 3.05) is 6.54 Å². The molecule has 0 unspecified atom stereocenters. The maximum atomic E-state index is 9.44. The van der Waals surface area contributed by atoms with Crippen molar-refractivity contribution in [2.24, 2.45) is 11.1 Å². The molecule has 0 bridgehead atoms. The smallest absolute Gasteiger partial charge is 0.116 e. The average Bonchev–Trinajstić information content (AvgIpc) is 2.12. The molecule has 2 nitrogen and oxygen atoms in total. The molecule has 0 fully saturated rings. The summed E-state index contributed by atoms with van der Waals surface area (Å²) in [5, 5.41) is 9.44. The van der Waals surface area contributed by atoms with Crippen LogP contribution in [0.25, 0.3) is 5.57 Å². The second-order valence-electron chi connectivity index (χ2n) is 4.65. The number of nitrogens with two attached hydrogens (primary N) is 1. The molecule has 0 spiro atoms. The normalized spacial score (nSPS) is 12.9. The van der Waals surface area contributed by atoms with E-state index in [1.54, 1.807) is 12.1 Å². The Morgan fingerprint density at radius 1 is 1.40 bits per heavy atom. The fraction of sp³-hybridized carbons (Fsp3) is 0.385. The monoisotopic (exact) mass is 205 g/mol. The Balaban J connectivity index is 3.17. The summed E-state index contributed by atoms with van der Waals surface area (Å²) in [4.78, 5) is 0. The number of aromatic hydroxyl groups is 1. The zero-order valence-corrected chi connectivity index (χ0v) is 9.62. The zero-order valence-electron chi connectivity index (χ0n) is 9.62. The Hall–Kier alpha value is -1.28. The van der Waals surface area contributed by atoms with Crippen LogP contribution in [0.4, 0.5) is 0 Å². The average molecular weight is 205 g/mol. The lowest BCUT2D eigenvalue weighted by Crippen LogP contribution is -2.10.